The molecule has 1 N–H and O–H groups in total. The molecule has 160 valence electrons. The minimum absolute atomic E-state index is 0.141. The quantitative estimate of drug-likeness (QED) is 0.775. The predicted molar refractivity (Wildman–Crippen MR) is 119 cm³/mol. The second-order valence-corrected chi connectivity index (χ2v) is 8.77. The number of hydrogen-bond acceptors (Lipinski definition) is 4. The largest absolute Gasteiger partial charge is 0.329 e. The van der Waals surface area contributed by atoms with Gasteiger partial charge >= 0.3 is 6.03 Å². The Kier molecular flexibility index (Phi) is 5.16. The number of benzene rings is 2. The maximum Gasteiger partial charge on any atom is 0.329 e. The van der Waals surface area contributed by atoms with Crippen molar-refractivity contribution in [2.45, 2.75) is 13.5 Å². The second kappa shape index (κ2) is 7.98. The summed E-state index contributed by atoms with van der Waals surface area (Å²) in [4.78, 5) is 23.3. The van der Waals surface area contributed by atoms with Crippen molar-refractivity contribution in [1.82, 2.24) is 15.1 Å². The topological polar surface area (TPSA) is 51.2 Å². The number of anilines is 1. The van der Waals surface area contributed by atoms with Crippen LogP contribution in [-0.2, 0) is 6.54 Å². The van der Waals surface area contributed by atoms with E-state index in [0.717, 1.165) is 24.7 Å². The first-order valence-electron chi connectivity index (χ1n) is 10.3. The molecule has 6 nitrogen and oxygen atoms in total. The lowest BCUT2D eigenvalue weighted by molar-refractivity contribution is 0.216. The number of aliphatic imine (C=N–C) groups is 1. The summed E-state index contributed by atoms with van der Waals surface area (Å²) < 4.78 is 13.6. The number of hydrogen-bond donors (Lipinski definition) is 1. The molecule has 1 saturated heterocycles. The number of amides is 2. The molecule has 3 aliphatic heterocycles. The van der Waals surface area contributed by atoms with Crippen molar-refractivity contribution in [3.63, 3.8) is 0 Å². The summed E-state index contributed by atoms with van der Waals surface area (Å²) in [6.45, 7) is 5.09. The Bertz CT molecular complexity index is 1070. The van der Waals surface area contributed by atoms with Gasteiger partial charge in [0.15, 0.2) is 5.82 Å². The molecule has 8 heteroatoms. The molecule has 0 bridgehead atoms. The molecule has 5 rings (SSSR count). The number of likely N-dealkylation sites (tertiary alicyclic amines) is 1. The van der Waals surface area contributed by atoms with Gasteiger partial charge in [-0.2, -0.15) is 0 Å². The van der Waals surface area contributed by atoms with Gasteiger partial charge in [-0.1, -0.05) is 36.7 Å². The number of carbonyl (C=O) groups is 1. The minimum atomic E-state index is -0.310. The summed E-state index contributed by atoms with van der Waals surface area (Å²) in [6.07, 6.45) is 1.80. The summed E-state index contributed by atoms with van der Waals surface area (Å²) in [6, 6.07) is 14.0. The van der Waals surface area contributed by atoms with E-state index >= 15 is 0 Å². The number of nitrogens with one attached hydrogen (secondary N) is 1. The zero-order chi connectivity index (χ0) is 21.5. The molecule has 3 aliphatic rings. The number of urea groups is 1. The molecule has 0 aromatic heterocycles. The third kappa shape index (κ3) is 4.03. The van der Waals surface area contributed by atoms with Crippen LogP contribution in [0.1, 0.15) is 12.5 Å². The molecule has 0 spiro atoms. The number of nitrogens with zero attached hydrogens (tertiary/aromatic N) is 4. The second-order valence-electron chi connectivity index (χ2n) is 8.34. The Hall–Kier alpha value is -2.90. The molecule has 0 radical (unpaired) electrons. The molecule has 0 saturated carbocycles. The van der Waals surface area contributed by atoms with Crippen LogP contribution in [0.5, 0.6) is 0 Å². The highest BCUT2D eigenvalue weighted by molar-refractivity contribution is 6.30. The molecule has 31 heavy (non-hydrogen) atoms. The number of carbonyl (C=O) groups excluding carboxylic acids is 1. The van der Waals surface area contributed by atoms with E-state index in [-0.39, 0.29) is 17.8 Å². The van der Waals surface area contributed by atoms with Crippen molar-refractivity contribution in [1.29, 1.82) is 0 Å². The SMILES string of the molecule is CC1CN(Cc2ccc(Cl)cc2)CC1C1=NC2=CN(c3cccc(F)c3)CN2C(=O)N1. The lowest BCUT2D eigenvalue weighted by Gasteiger charge is -2.28. The number of fused-ring (bicyclic) bond motifs is 1. The van der Waals surface area contributed by atoms with E-state index in [1.807, 2.05) is 35.2 Å². The maximum absolute atomic E-state index is 13.6. The first-order valence-corrected chi connectivity index (χ1v) is 10.7. The van der Waals surface area contributed by atoms with Crippen molar-refractivity contribution < 1.29 is 9.18 Å². The smallest absolute Gasteiger partial charge is 0.325 e. The molecular formula is C23H23ClFN5O. The van der Waals surface area contributed by atoms with Crippen LogP contribution in [0.2, 0.25) is 5.02 Å². The van der Waals surface area contributed by atoms with E-state index in [2.05, 4.69) is 17.1 Å². The van der Waals surface area contributed by atoms with E-state index in [9.17, 15) is 9.18 Å². The van der Waals surface area contributed by atoms with Gasteiger partial charge in [0.25, 0.3) is 0 Å². The van der Waals surface area contributed by atoms with Gasteiger partial charge in [0, 0.05) is 42.5 Å². The Morgan fingerprint density at radius 2 is 2.00 bits per heavy atom. The summed E-state index contributed by atoms with van der Waals surface area (Å²) in [5.41, 5.74) is 1.90. The molecule has 3 heterocycles. The van der Waals surface area contributed by atoms with Gasteiger partial charge in [0.05, 0.1) is 0 Å². The van der Waals surface area contributed by atoms with E-state index in [1.165, 1.54) is 17.7 Å². The van der Waals surface area contributed by atoms with Crippen LogP contribution in [-0.4, -0.2) is 41.4 Å². The lowest BCUT2D eigenvalue weighted by atomic mass is 9.96. The van der Waals surface area contributed by atoms with Crippen molar-refractivity contribution in [3.8, 4) is 0 Å². The molecule has 2 atom stereocenters. The molecule has 2 unspecified atom stereocenters. The highest BCUT2D eigenvalue weighted by atomic mass is 35.5. The van der Waals surface area contributed by atoms with Crippen LogP contribution in [0, 0.1) is 17.7 Å². The Morgan fingerprint density at radius 1 is 1.19 bits per heavy atom. The van der Waals surface area contributed by atoms with Crippen molar-refractivity contribution in [2.24, 2.45) is 16.8 Å². The maximum atomic E-state index is 13.6. The standard InChI is InChI=1S/C23H23ClFN5O/c1-15-10-28(11-16-5-7-17(24)8-6-16)12-20(15)22-26-21-13-29(14-30(21)23(31)27-22)19-4-2-3-18(25)9-19/h2-9,13,15,20H,10-12,14H2,1H3,(H,26,27,31). The van der Waals surface area contributed by atoms with Gasteiger partial charge < -0.3 is 4.90 Å². The summed E-state index contributed by atoms with van der Waals surface area (Å²) >= 11 is 5.99. The minimum Gasteiger partial charge on any atom is -0.325 e. The number of rotatable bonds is 4. The molecule has 2 aromatic rings. The van der Waals surface area contributed by atoms with Crippen LogP contribution in [0.25, 0.3) is 0 Å². The van der Waals surface area contributed by atoms with Crippen LogP contribution >= 0.6 is 11.6 Å². The summed E-state index contributed by atoms with van der Waals surface area (Å²) in [7, 11) is 0. The van der Waals surface area contributed by atoms with Crippen LogP contribution in [0.3, 0.4) is 0 Å². The van der Waals surface area contributed by atoms with E-state index in [4.69, 9.17) is 16.6 Å². The Balaban J connectivity index is 1.33. The molecular weight excluding hydrogens is 417 g/mol. The zero-order valence-corrected chi connectivity index (χ0v) is 17.9. The molecule has 0 aliphatic carbocycles. The Morgan fingerprint density at radius 3 is 2.77 bits per heavy atom. The number of amidine groups is 1. The predicted octanol–water partition coefficient (Wildman–Crippen LogP) is 4.25. The highest BCUT2D eigenvalue weighted by Gasteiger charge is 2.39. The van der Waals surface area contributed by atoms with Gasteiger partial charge in [-0.3, -0.25) is 15.1 Å². The monoisotopic (exact) mass is 439 g/mol. The zero-order valence-electron chi connectivity index (χ0n) is 17.1. The Labute approximate surface area is 185 Å². The van der Waals surface area contributed by atoms with Crippen LogP contribution < -0.4 is 10.2 Å². The fraction of sp³-hybridized carbons (Fsp3) is 0.304. The first kappa shape index (κ1) is 20.0. The molecule has 2 aromatic carbocycles. The molecule has 1 fully saturated rings. The van der Waals surface area contributed by atoms with E-state index in [1.54, 1.807) is 17.2 Å². The fourth-order valence-corrected chi connectivity index (χ4v) is 4.57. The van der Waals surface area contributed by atoms with Crippen molar-refractivity contribution in [2.75, 3.05) is 24.7 Å². The van der Waals surface area contributed by atoms with E-state index in [0.29, 0.717) is 29.9 Å². The number of halogens is 2. The lowest BCUT2D eigenvalue weighted by Crippen LogP contribution is -2.49. The van der Waals surface area contributed by atoms with Crippen LogP contribution in [0.15, 0.2) is 65.5 Å². The highest BCUT2D eigenvalue weighted by Crippen LogP contribution is 2.31. The normalized spacial score (nSPS) is 23.5. The third-order valence-corrected chi connectivity index (χ3v) is 6.31. The van der Waals surface area contributed by atoms with Gasteiger partial charge in [-0.05, 0) is 41.8 Å². The first-order chi connectivity index (χ1) is 15.0. The van der Waals surface area contributed by atoms with Gasteiger partial charge in [0.1, 0.15) is 18.3 Å². The van der Waals surface area contributed by atoms with E-state index < -0.39 is 0 Å². The summed E-state index contributed by atoms with van der Waals surface area (Å²) in [5.74, 6) is 1.49. The fourth-order valence-electron chi connectivity index (χ4n) is 4.45. The third-order valence-electron chi connectivity index (χ3n) is 6.06. The van der Waals surface area contributed by atoms with Crippen LogP contribution in [0.4, 0.5) is 14.9 Å². The average Bonchev–Trinajstić information content (AvgIpc) is 3.33. The van der Waals surface area contributed by atoms with Crippen molar-refractivity contribution >= 4 is 29.2 Å². The van der Waals surface area contributed by atoms with Gasteiger partial charge in [0.2, 0.25) is 0 Å². The average molecular weight is 440 g/mol. The van der Waals surface area contributed by atoms with Gasteiger partial charge in [-0.15, -0.1) is 0 Å². The van der Waals surface area contributed by atoms with Crippen molar-refractivity contribution in [3.05, 3.63) is 77.0 Å². The molecule has 2 amide bonds. The summed E-state index contributed by atoms with van der Waals surface area (Å²) in [5, 5.41) is 3.72. The van der Waals surface area contributed by atoms with Gasteiger partial charge in [-0.25, -0.2) is 14.2 Å².